The van der Waals surface area contributed by atoms with Crippen LogP contribution >= 0.6 is 23.2 Å². The van der Waals surface area contributed by atoms with Gasteiger partial charge in [0.15, 0.2) is 0 Å². The maximum absolute atomic E-state index is 14.8. The van der Waals surface area contributed by atoms with Crippen molar-refractivity contribution in [2.24, 2.45) is 23.5 Å². The predicted octanol–water partition coefficient (Wildman–Crippen LogP) is 9.13. The minimum Gasteiger partial charge on any atom is -0.369 e. The van der Waals surface area contributed by atoms with Gasteiger partial charge in [0, 0.05) is 33.0 Å². The first-order valence-electron chi connectivity index (χ1n) is 16.9. The molecule has 1 aliphatic carbocycles. The fraction of sp³-hybridized carbons (Fsp3) is 0.325. The van der Waals surface area contributed by atoms with Crippen molar-refractivity contribution in [1.82, 2.24) is 5.32 Å². The topological polar surface area (TPSA) is 92.5 Å². The number of hydrogen-bond donors (Lipinski definition) is 2. The van der Waals surface area contributed by atoms with E-state index in [0.29, 0.717) is 28.8 Å². The molecule has 48 heavy (non-hydrogen) atoms. The van der Waals surface area contributed by atoms with Crippen molar-refractivity contribution >= 4 is 46.6 Å². The van der Waals surface area contributed by atoms with Crippen LogP contribution in [0.25, 0.3) is 22.3 Å². The predicted molar refractivity (Wildman–Crippen MR) is 194 cm³/mol. The van der Waals surface area contributed by atoms with E-state index >= 15 is 0 Å². The number of amides is 3. The molecule has 4 aromatic rings. The zero-order valence-electron chi connectivity index (χ0n) is 27.1. The second kappa shape index (κ2) is 15.0. The first-order chi connectivity index (χ1) is 23.2. The Bertz CT molecular complexity index is 1820. The third kappa shape index (κ3) is 7.15. The molecule has 6 nitrogen and oxygen atoms in total. The van der Waals surface area contributed by atoms with Crippen LogP contribution in [0, 0.1) is 17.8 Å². The molecule has 3 unspecified atom stereocenters. The van der Waals surface area contributed by atoms with E-state index in [4.69, 9.17) is 28.9 Å². The smallest absolute Gasteiger partial charge is 0.254 e. The Morgan fingerprint density at radius 3 is 2.33 bits per heavy atom. The largest absolute Gasteiger partial charge is 0.369 e. The number of rotatable bonds is 11. The molecule has 1 heterocycles. The van der Waals surface area contributed by atoms with Crippen LogP contribution in [0.4, 0.5) is 5.69 Å². The number of carbonyl (C=O) groups is 3. The maximum Gasteiger partial charge on any atom is 0.254 e. The number of fused-ring (bicyclic) bond motifs is 3. The SMILES string of the molecule is CCCC(C(N)=O)C(CC1CCCC1)C(=O)NC1C(=O)N(Cc2cccc(-c3ccc(Cl)cc3Cl)c2)c2ccccc2-c2ccccc21. The number of halogens is 2. The van der Waals surface area contributed by atoms with Crippen LogP contribution in [0.2, 0.25) is 10.0 Å². The number of nitrogens with two attached hydrogens (primary N) is 1. The number of primary amides is 1. The molecule has 1 aliphatic heterocycles. The quantitative estimate of drug-likeness (QED) is 0.165. The van der Waals surface area contributed by atoms with E-state index < -0.39 is 23.8 Å². The molecule has 0 bridgehead atoms. The average molecular weight is 683 g/mol. The second-order valence-electron chi connectivity index (χ2n) is 13.1. The summed E-state index contributed by atoms with van der Waals surface area (Å²) in [6, 6.07) is 27.9. The summed E-state index contributed by atoms with van der Waals surface area (Å²) < 4.78 is 0. The number of hydrogen-bond acceptors (Lipinski definition) is 3. The van der Waals surface area contributed by atoms with Gasteiger partial charge >= 0.3 is 0 Å². The molecular weight excluding hydrogens is 641 g/mol. The molecule has 0 aromatic heterocycles. The lowest BCUT2D eigenvalue weighted by molar-refractivity contribution is -0.136. The molecule has 248 valence electrons. The van der Waals surface area contributed by atoms with Gasteiger partial charge in [0.25, 0.3) is 5.91 Å². The van der Waals surface area contributed by atoms with Crippen molar-refractivity contribution in [3.8, 4) is 22.3 Å². The highest BCUT2D eigenvalue weighted by Crippen LogP contribution is 2.42. The summed E-state index contributed by atoms with van der Waals surface area (Å²) in [5.74, 6) is -1.84. The lowest BCUT2D eigenvalue weighted by Gasteiger charge is -2.30. The highest BCUT2D eigenvalue weighted by atomic mass is 35.5. The Morgan fingerprint density at radius 2 is 1.60 bits per heavy atom. The zero-order valence-corrected chi connectivity index (χ0v) is 28.6. The standard InChI is InChI=1S/C40H41Cl2N3O3/c1-2-10-33(38(43)46)34(22-25-11-3-4-12-25)39(47)44-37-32-17-6-5-15-30(32)31-16-7-8-18-36(31)45(40(37)48)24-26-13-9-14-27(21-26)29-20-19-28(41)23-35(29)42/h5-9,13-21,23,25,33-34,37H,2-4,10-12,22,24H2,1H3,(H2,43,46)(H,44,47). The first-order valence-corrected chi connectivity index (χ1v) is 17.6. The fourth-order valence-corrected chi connectivity index (χ4v) is 8.06. The molecule has 1 fully saturated rings. The van der Waals surface area contributed by atoms with Crippen molar-refractivity contribution < 1.29 is 14.4 Å². The van der Waals surface area contributed by atoms with Crippen molar-refractivity contribution in [3.05, 3.63) is 112 Å². The second-order valence-corrected chi connectivity index (χ2v) is 13.9. The fourth-order valence-electron chi connectivity index (χ4n) is 7.55. The lowest BCUT2D eigenvalue weighted by atomic mass is 9.80. The molecular formula is C40H41Cl2N3O3. The molecule has 3 N–H and O–H groups in total. The van der Waals surface area contributed by atoms with Crippen molar-refractivity contribution in [1.29, 1.82) is 0 Å². The van der Waals surface area contributed by atoms with E-state index in [1.165, 1.54) is 0 Å². The summed E-state index contributed by atoms with van der Waals surface area (Å²) in [7, 11) is 0. The molecule has 2 aliphatic rings. The van der Waals surface area contributed by atoms with Gasteiger partial charge in [-0.15, -0.1) is 0 Å². The molecule has 6 rings (SSSR count). The Balaban J connectivity index is 1.38. The monoisotopic (exact) mass is 681 g/mol. The van der Waals surface area contributed by atoms with Crippen LogP contribution in [0.3, 0.4) is 0 Å². The molecule has 0 saturated heterocycles. The van der Waals surface area contributed by atoms with E-state index in [1.807, 2.05) is 85.8 Å². The number of para-hydroxylation sites is 1. The van der Waals surface area contributed by atoms with Crippen LogP contribution in [0.5, 0.6) is 0 Å². The minimum absolute atomic E-state index is 0.249. The van der Waals surface area contributed by atoms with Gasteiger partial charge in [0.2, 0.25) is 11.8 Å². The lowest BCUT2D eigenvalue weighted by Crippen LogP contribution is -2.47. The summed E-state index contributed by atoms with van der Waals surface area (Å²) in [4.78, 5) is 43.7. The van der Waals surface area contributed by atoms with E-state index in [-0.39, 0.29) is 18.4 Å². The number of nitrogens with zero attached hydrogens (tertiary/aromatic N) is 1. The average Bonchev–Trinajstić information content (AvgIpc) is 3.58. The number of carbonyl (C=O) groups excluding carboxylic acids is 3. The number of nitrogens with one attached hydrogen (secondary N) is 1. The molecule has 4 aromatic carbocycles. The Hall–Kier alpha value is -4.13. The van der Waals surface area contributed by atoms with Crippen LogP contribution in [0.15, 0.2) is 91.0 Å². The van der Waals surface area contributed by atoms with Crippen molar-refractivity contribution in [3.63, 3.8) is 0 Å². The van der Waals surface area contributed by atoms with Gasteiger partial charge in [-0.2, -0.15) is 0 Å². The van der Waals surface area contributed by atoms with Crippen molar-refractivity contribution in [2.75, 3.05) is 4.90 Å². The summed E-state index contributed by atoms with van der Waals surface area (Å²) in [6.45, 7) is 2.26. The maximum atomic E-state index is 14.8. The van der Waals surface area contributed by atoms with Crippen LogP contribution in [0.1, 0.15) is 69.0 Å². The molecule has 0 radical (unpaired) electrons. The summed E-state index contributed by atoms with van der Waals surface area (Å²) in [5, 5.41) is 4.26. The van der Waals surface area contributed by atoms with E-state index in [9.17, 15) is 14.4 Å². The normalized spacial score (nSPS) is 17.3. The Morgan fingerprint density at radius 1 is 0.875 bits per heavy atom. The van der Waals surface area contributed by atoms with Gasteiger partial charge in [-0.05, 0) is 65.3 Å². The Kier molecular flexibility index (Phi) is 10.5. The third-order valence-electron chi connectivity index (χ3n) is 9.92. The number of anilines is 1. The van der Waals surface area contributed by atoms with Crippen molar-refractivity contribution in [2.45, 2.75) is 64.5 Å². The Labute approximate surface area is 292 Å². The third-order valence-corrected chi connectivity index (χ3v) is 10.5. The zero-order chi connectivity index (χ0) is 33.8. The van der Waals surface area contributed by atoms with Crippen LogP contribution < -0.4 is 16.0 Å². The van der Waals surface area contributed by atoms with Gasteiger partial charge in [-0.25, -0.2) is 0 Å². The van der Waals surface area contributed by atoms with Crippen LogP contribution in [-0.2, 0) is 20.9 Å². The van der Waals surface area contributed by atoms with Gasteiger partial charge in [0.1, 0.15) is 6.04 Å². The van der Waals surface area contributed by atoms with Gasteiger partial charge in [-0.3, -0.25) is 14.4 Å². The van der Waals surface area contributed by atoms with E-state index in [0.717, 1.165) is 71.2 Å². The summed E-state index contributed by atoms with van der Waals surface area (Å²) in [6.07, 6.45) is 6.18. The molecule has 3 amide bonds. The summed E-state index contributed by atoms with van der Waals surface area (Å²) >= 11 is 12.7. The molecule has 3 atom stereocenters. The van der Waals surface area contributed by atoms with E-state index in [1.54, 1.807) is 17.0 Å². The first kappa shape index (κ1) is 33.8. The van der Waals surface area contributed by atoms with Crippen LogP contribution in [-0.4, -0.2) is 17.7 Å². The van der Waals surface area contributed by atoms with Gasteiger partial charge < -0.3 is 16.0 Å². The number of benzene rings is 4. The molecule has 0 spiro atoms. The van der Waals surface area contributed by atoms with Gasteiger partial charge in [-0.1, -0.05) is 129 Å². The summed E-state index contributed by atoms with van der Waals surface area (Å²) in [5.41, 5.74) is 11.8. The highest BCUT2D eigenvalue weighted by Gasteiger charge is 2.39. The minimum atomic E-state index is -0.962. The highest BCUT2D eigenvalue weighted by molar-refractivity contribution is 6.36. The van der Waals surface area contributed by atoms with E-state index in [2.05, 4.69) is 5.32 Å². The molecule has 8 heteroatoms. The molecule has 1 saturated carbocycles. The van der Waals surface area contributed by atoms with Gasteiger partial charge in [0.05, 0.1) is 12.2 Å².